The highest BCUT2D eigenvalue weighted by Gasteiger charge is 2.30. The lowest BCUT2D eigenvalue weighted by molar-refractivity contribution is -0.119. The number of aromatic nitrogens is 2. The van der Waals surface area contributed by atoms with E-state index in [1.165, 1.54) is 0 Å². The van der Waals surface area contributed by atoms with Crippen molar-refractivity contribution in [3.05, 3.63) is 48.0 Å². The van der Waals surface area contributed by atoms with Crippen LogP contribution in [0.15, 0.2) is 36.5 Å². The van der Waals surface area contributed by atoms with E-state index in [1.807, 2.05) is 60.9 Å². The summed E-state index contributed by atoms with van der Waals surface area (Å²) in [6.07, 6.45) is 3.76. The molecule has 1 unspecified atom stereocenters. The number of nitrogens with zero attached hydrogens (tertiary/aromatic N) is 3. The maximum atomic E-state index is 12.6. The van der Waals surface area contributed by atoms with Gasteiger partial charge in [0.05, 0.1) is 6.04 Å². The smallest absolute Gasteiger partial charge is 0.317 e. The molecule has 28 heavy (non-hydrogen) atoms. The summed E-state index contributed by atoms with van der Waals surface area (Å²) in [7, 11) is 0. The summed E-state index contributed by atoms with van der Waals surface area (Å²) in [6, 6.07) is 9.64. The molecule has 1 aromatic heterocycles. The largest absolute Gasteiger partial charge is 0.344 e. The van der Waals surface area contributed by atoms with Gasteiger partial charge in [0.2, 0.25) is 5.91 Å². The molecule has 1 atom stereocenters. The Morgan fingerprint density at radius 3 is 2.54 bits per heavy atom. The minimum Gasteiger partial charge on any atom is -0.344 e. The van der Waals surface area contributed by atoms with Gasteiger partial charge in [0.1, 0.15) is 5.82 Å². The van der Waals surface area contributed by atoms with E-state index >= 15 is 0 Å². The van der Waals surface area contributed by atoms with Crippen molar-refractivity contribution in [2.45, 2.75) is 52.1 Å². The number of urea groups is 1. The zero-order valence-corrected chi connectivity index (χ0v) is 16.8. The van der Waals surface area contributed by atoms with Crippen LogP contribution in [0.5, 0.6) is 0 Å². The third-order valence-corrected chi connectivity index (χ3v) is 5.20. The Bertz CT molecular complexity index is 796. The van der Waals surface area contributed by atoms with Crippen LogP contribution in [0, 0.1) is 6.92 Å². The molecule has 3 amide bonds. The highest BCUT2D eigenvalue weighted by molar-refractivity contribution is 5.93. The molecule has 2 N–H and O–H groups in total. The molecule has 1 aliphatic heterocycles. The summed E-state index contributed by atoms with van der Waals surface area (Å²) in [5.74, 6) is 0.875. The molecule has 0 radical (unpaired) electrons. The molecule has 0 bridgehead atoms. The molecule has 150 valence electrons. The van der Waals surface area contributed by atoms with E-state index in [9.17, 15) is 9.59 Å². The Kier molecular flexibility index (Phi) is 6.34. The average molecular weight is 383 g/mol. The minimum atomic E-state index is -0.179. The van der Waals surface area contributed by atoms with Gasteiger partial charge in [-0.15, -0.1) is 0 Å². The number of aryl methyl sites for hydroxylation is 1. The number of hydrogen-bond donors (Lipinski definition) is 2. The van der Waals surface area contributed by atoms with E-state index in [0.29, 0.717) is 19.5 Å². The van der Waals surface area contributed by atoms with Crippen molar-refractivity contribution in [1.82, 2.24) is 20.2 Å². The zero-order chi connectivity index (χ0) is 20.1. The Morgan fingerprint density at radius 1 is 1.29 bits per heavy atom. The summed E-state index contributed by atoms with van der Waals surface area (Å²) in [5.41, 5.74) is 1.90. The van der Waals surface area contributed by atoms with Gasteiger partial charge in [0.25, 0.3) is 0 Å². The molecule has 7 nitrogen and oxygen atoms in total. The second-order valence-electron chi connectivity index (χ2n) is 7.29. The molecule has 0 saturated carbocycles. The van der Waals surface area contributed by atoms with Crippen LogP contribution >= 0.6 is 0 Å². The summed E-state index contributed by atoms with van der Waals surface area (Å²) in [6.45, 7) is 6.99. The Balaban J connectivity index is 1.59. The number of piperidine rings is 1. The molecule has 1 saturated heterocycles. The van der Waals surface area contributed by atoms with Crippen LogP contribution in [0.4, 0.5) is 10.5 Å². The first-order chi connectivity index (χ1) is 13.5. The Morgan fingerprint density at radius 2 is 1.96 bits per heavy atom. The first kappa shape index (κ1) is 19.9. The van der Waals surface area contributed by atoms with Crippen LogP contribution in [0.3, 0.4) is 0 Å². The van der Waals surface area contributed by atoms with Gasteiger partial charge in [0, 0.05) is 43.1 Å². The lowest BCUT2D eigenvalue weighted by atomic mass is 10.0. The molecule has 1 aliphatic rings. The maximum absolute atomic E-state index is 12.6. The van der Waals surface area contributed by atoms with Gasteiger partial charge in [-0.05, 0) is 38.8 Å². The normalized spacial score (nSPS) is 15.9. The van der Waals surface area contributed by atoms with Crippen molar-refractivity contribution in [3.8, 4) is 0 Å². The van der Waals surface area contributed by atoms with Crippen LogP contribution in [0.2, 0.25) is 0 Å². The monoisotopic (exact) mass is 383 g/mol. The maximum Gasteiger partial charge on any atom is 0.317 e. The molecule has 1 fully saturated rings. The van der Waals surface area contributed by atoms with E-state index in [0.717, 1.165) is 30.0 Å². The topological polar surface area (TPSA) is 81.3 Å². The van der Waals surface area contributed by atoms with Gasteiger partial charge in [-0.3, -0.25) is 4.79 Å². The fourth-order valence-electron chi connectivity index (χ4n) is 3.64. The van der Waals surface area contributed by atoms with E-state index < -0.39 is 0 Å². The molecule has 0 aliphatic carbocycles. The molecule has 0 spiro atoms. The zero-order valence-electron chi connectivity index (χ0n) is 16.8. The number of H-pyrrole nitrogens is 1. The van der Waals surface area contributed by atoms with Crippen molar-refractivity contribution in [1.29, 1.82) is 0 Å². The number of aromatic amines is 1. The molecule has 3 rings (SSSR count). The van der Waals surface area contributed by atoms with Crippen LogP contribution < -0.4 is 10.2 Å². The van der Waals surface area contributed by atoms with Crippen molar-refractivity contribution < 1.29 is 9.59 Å². The van der Waals surface area contributed by atoms with Gasteiger partial charge in [-0.1, -0.05) is 25.1 Å². The van der Waals surface area contributed by atoms with Gasteiger partial charge in [-0.2, -0.15) is 0 Å². The van der Waals surface area contributed by atoms with E-state index in [4.69, 9.17) is 0 Å². The number of carbonyl (C=O) groups excluding carboxylic acids is 2. The number of para-hydroxylation sites is 1. The molecular formula is C21H29N5O2. The average Bonchev–Trinajstić information content (AvgIpc) is 3.16. The quantitative estimate of drug-likeness (QED) is 0.830. The van der Waals surface area contributed by atoms with Crippen molar-refractivity contribution >= 4 is 17.6 Å². The van der Waals surface area contributed by atoms with Gasteiger partial charge < -0.3 is 20.1 Å². The second kappa shape index (κ2) is 8.91. The number of rotatable bonds is 5. The number of imidazole rings is 1. The van der Waals surface area contributed by atoms with Crippen molar-refractivity contribution in [2.75, 3.05) is 18.0 Å². The number of anilines is 1. The van der Waals surface area contributed by atoms with Crippen LogP contribution in [0.1, 0.15) is 50.7 Å². The summed E-state index contributed by atoms with van der Waals surface area (Å²) < 4.78 is 0. The number of likely N-dealkylation sites (tertiary alicyclic amines) is 1. The molecule has 7 heteroatoms. The SMILES string of the molecule is CCC(=O)N(c1ccccc1)C1CCN(C(=O)NC(C)c2ncc(C)[nH]2)CC1. The third kappa shape index (κ3) is 4.52. The summed E-state index contributed by atoms with van der Waals surface area (Å²) >= 11 is 0. The molecule has 1 aromatic carbocycles. The molecule has 2 aromatic rings. The Labute approximate surface area is 166 Å². The number of carbonyl (C=O) groups is 2. The van der Waals surface area contributed by atoms with Gasteiger partial charge >= 0.3 is 6.03 Å². The highest BCUT2D eigenvalue weighted by atomic mass is 16.2. The van der Waals surface area contributed by atoms with Crippen LogP contribution in [-0.4, -0.2) is 45.9 Å². The standard InChI is InChI=1S/C21H29N5O2/c1-4-19(27)26(17-8-6-5-7-9-17)18-10-12-25(13-11-18)21(28)24-16(3)20-22-14-15(2)23-20/h5-9,14,16,18H,4,10-13H2,1-3H3,(H,22,23)(H,24,28). The predicted molar refractivity (Wildman–Crippen MR) is 109 cm³/mol. The van der Waals surface area contributed by atoms with E-state index in [1.54, 1.807) is 6.20 Å². The summed E-state index contributed by atoms with van der Waals surface area (Å²) in [5, 5.41) is 3.00. The fraction of sp³-hybridized carbons (Fsp3) is 0.476. The summed E-state index contributed by atoms with van der Waals surface area (Å²) in [4.78, 5) is 36.3. The number of hydrogen-bond acceptors (Lipinski definition) is 3. The molecule has 2 heterocycles. The first-order valence-electron chi connectivity index (χ1n) is 9.93. The number of nitrogens with one attached hydrogen (secondary N) is 2. The highest BCUT2D eigenvalue weighted by Crippen LogP contribution is 2.25. The second-order valence-corrected chi connectivity index (χ2v) is 7.29. The Hall–Kier alpha value is -2.83. The van der Waals surface area contributed by atoms with Crippen molar-refractivity contribution in [3.63, 3.8) is 0 Å². The van der Waals surface area contributed by atoms with Gasteiger partial charge in [0.15, 0.2) is 0 Å². The van der Waals surface area contributed by atoms with E-state index in [-0.39, 0.29) is 24.0 Å². The van der Waals surface area contributed by atoms with Crippen LogP contribution in [-0.2, 0) is 4.79 Å². The lowest BCUT2D eigenvalue weighted by Crippen LogP contribution is -2.51. The first-order valence-corrected chi connectivity index (χ1v) is 9.93. The van der Waals surface area contributed by atoms with Gasteiger partial charge in [-0.25, -0.2) is 9.78 Å². The van der Waals surface area contributed by atoms with Crippen molar-refractivity contribution in [2.24, 2.45) is 0 Å². The van der Waals surface area contributed by atoms with Crippen LogP contribution in [0.25, 0.3) is 0 Å². The third-order valence-electron chi connectivity index (χ3n) is 5.20. The van der Waals surface area contributed by atoms with E-state index in [2.05, 4.69) is 15.3 Å². The lowest BCUT2D eigenvalue weighted by Gasteiger charge is -2.38. The molecular weight excluding hydrogens is 354 g/mol. The predicted octanol–water partition coefficient (Wildman–Crippen LogP) is 3.40. The fourth-order valence-corrected chi connectivity index (χ4v) is 3.64. The number of benzene rings is 1. The number of amides is 3. The minimum absolute atomic E-state index is 0.0897.